The average Bonchev–Trinajstić information content (AvgIpc) is 2.23. The maximum absolute atomic E-state index is 11.5. The van der Waals surface area contributed by atoms with E-state index in [1.165, 1.54) is 4.90 Å². The van der Waals surface area contributed by atoms with Crippen LogP contribution in [0.15, 0.2) is 35.2 Å². The van der Waals surface area contributed by atoms with Crippen LogP contribution in [0.4, 0.5) is 0 Å². The predicted molar refractivity (Wildman–Crippen MR) is 74.2 cm³/mol. The number of benzene rings is 1. The van der Waals surface area contributed by atoms with Crippen molar-refractivity contribution in [1.29, 1.82) is 0 Å². The topological polar surface area (TPSA) is 29.1 Å². The first-order valence-corrected chi connectivity index (χ1v) is 6.90. The Kier molecular flexibility index (Phi) is 5.56. The van der Waals surface area contributed by atoms with E-state index < -0.39 is 0 Å². The number of carbonyl (C=O) groups is 1. The summed E-state index contributed by atoms with van der Waals surface area (Å²) >= 11 is 1.77. The number of hydrogen-bond donors (Lipinski definition) is 1. The number of thioether (sulfide) groups is 1. The van der Waals surface area contributed by atoms with Gasteiger partial charge in [-0.2, -0.15) is 0 Å². The summed E-state index contributed by atoms with van der Waals surface area (Å²) in [5.41, 5.74) is 0.0661. The van der Waals surface area contributed by atoms with E-state index in [-0.39, 0.29) is 11.3 Å². The van der Waals surface area contributed by atoms with Crippen molar-refractivity contribution in [2.45, 2.75) is 32.1 Å². The third kappa shape index (κ3) is 7.05. The molecule has 0 aromatic heterocycles. The standard InChI is InChI=1S/C14H21NOS/c1-14(2,3)11-13(16)15-9-10-17-12-7-5-4-6-8-12/h4-8H,9-11H2,1-3H3,(H,15,16). The van der Waals surface area contributed by atoms with E-state index in [9.17, 15) is 4.79 Å². The second-order valence-corrected chi connectivity index (χ2v) is 6.42. The zero-order valence-corrected chi connectivity index (χ0v) is 11.6. The monoisotopic (exact) mass is 251 g/mol. The van der Waals surface area contributed by atoms with Gasteiger partial charge in [0.05, 0.1) is 0 Å². The molecule has 1 aromatic rings. The normalized spacial score (nSPS) is 11.2. The summed E-state index contributed by atoms with van der Waals surface area (Å²) in [4.78, 5) is 12.8. The van der Waals surface area contributed by atoms with Crippen LogP contribution in [0.1, 0.15) is 27.2 Å². The van der Waals surface area contributed by atoms with Gasteiger partial charge < -0.3 is 5.32 Å². The van der Waals surface area contributed by atoms with E-state index in [2.05, 4.69) is 38.2 Å². The zero-order valence-electron chi connectivity index (χ0n) is 10.8. The van der Waals surface area contributed by atoms with E-state index in [0.29, 0.717) is 6.42 Å². The Labute approximate surface area is 108 Å². The minimum atomic E-state index is 0.0661. The summed E-state index contributed by atoms with van der Waals surface area (Å²) in [5.74, 6) is 1.06. The minimum Gasteiger partial charge on any atom is -0.355 e. The molecule has 0 saturated carbocycles. The van der Waals surface area contributed by atoms with Crippen molar-refractivity contribution in [1.82, 2.24) is 5.32 Å². The second kappa shape index (κ2) is 6.70. The molecule has 0 bridgehead atoms. The average molecular weight is 251 g/mol. The summed E-state index contributed by atoms with van der Waals surface area (Å²) in [6, 6.07) is 10.2. The summed E-state index contributed by atoms with van der Waals surface area (Å²) in [5, 5.41) is 2.95. The highest BCUT2D eigenvalue weighted by molar-refractivity contribution is 7.99. The van der Waals surface area contributed by atoms with E-state index in [0.717, 1.165) is 12.3 Å². The first-order valence-electron chi connectivity index (χ1n) is 5.92. The van der Waals surface area contributed by atoms with E-state index in [1.54, 1.807) is 11.8 Å². The van der Waals surface area contributed by atoms with Crippen LogP contribution in [-0.4, -0.2) is 18.2 Å². The molecule has 0 spiro atoms. The van der Waals surface area contributed by atoms with Crippen LogP contribution >= 0.6 is 11.8 Å². The van der Waals surface area contributed by atoms with Crippen molar-refractivity contribution in [2.24, 2.45) is 5.41 Å². The lowest BCUT2D eigenvalue weighted by molar-refractivity contribution is -0.122. The Bertz CT molecular complexity index is 343. The van der Waals surface area contributed by atoms with Gasteiger partial charge in [0.25, 0.3) is 0 Å². The van der Waals surface area contributed by atoms with Crippen molar-refractivity contribution in [3.05, 3.63) is 30.3 Å². The fourth-order valence-electron chi connectivity index (χ4n) is 1.42. The van der Waals surface area contributed by atoms with E-state index in [1.807, 2.05) is 18.2 Å². The Morgan fingerprint density at radius 2 is 1.88 bits per heavy atom. The fourth-order valence-corrected chi connectivity index (χ4v) is 2.21. The van der Waals surface area contributed by atoms with Crippen LogP contribution < -0.4 is 5.32 Å². The highest BCUT2D eigenvalue weighted by Crippen LogP contribution is 2.18. The maximum atomic E-state index is 11.5. The van der Waals surface area contributed by atoms with Crippen LogP contribution in [-0.2, 0) is 4.79 Å². The predicted octanol–water partition coefficient (Wildman–Crippen LogP) is 3.33. The van der Waals surface area contributed by atoms with Gasteiger partial charge in [-0.1, -0.05) is 39.0 Å². The largest absolute Gasteiger partial charge is 0.355 e. The van der Waals surface area contributed by atoms with Crippen LogP contribution in [0.2, 0.25) is 0 Å². The van der Waals surface area contributed by atoms with Crippen molar-refractivity contribution in [3.63, 3.8) is 0 Å². The molecular formula is C14H21NOS. The molecule has 1 amide bonds. The smallest absolute Gasteiger partial charge is 0.220 e. The number of nitrogens with one attached hydrogen (secondary N) is 1. The number of hydrogen-bond acceptors (Lipinski definition) is 2. The molecular weight excluding hydrogens is 230 g/mol. The first-order chi connectivity index (χ1) is 7.97. The van der Waals surface area contributed by atoms with Crippen LogP contribution in [0.3, 0.4) is 0 Å². The summed E-state index contributed by atoms with van der Waals surface area (Å²) in [6.45, 7) is 6.95. The molecule has 0 saturated heterocycles. The Balaban J connectivity index is 2.14. The van der Waals surface area contributed by atoms with Crippen molar-refractivity contribution < 1.29 is 4.79 Å². The van der Waals surface area contributed by atoms with Gasteiger partial charge in [0.2, 0.25) is 5.91 Å². The molecule has 0 heterocycles. The van der Waals surface area contributed by atoms with E-state index in [4.69, 9.17) is 0 Å². The van der Waals surface area contributed by atoms with Crippen LogP contribution in [0, 0.1) is 5.41 Å². The molecule has 0 unspecified atom stereocenters. The number of carbonyl (C=O) groups excluding carboxylic acids is 1. The molecule has 2 nitrogen and oxygen atoms in total. The van der Waals surface area contributed by atoms with Crippen molar-refractivity contribution >= 4 is 17.7 Å². The van der Waals surface area contributed by atoms with E-state index >= 15 is 0 Å². The van der Waals surface area contributed by atoms with Gasteiger partial charge >= 0.3 is 0 Å². The van der Waals surface area contributed by atoms with Gasteiger partial charge in [-0.05, 0) is 17.5 Å². The molecule has 94 valence electrons. The van der Waals surface area contributed by atoms with Gasteiger partial charge in [-0.25, -0.2) is 0 Å². The van der Waals surface area contributed by atoms with Gasteiger partial charge in [-0.3, -0.25) is 4.79 Å². The molecule has 0 radical (unpaired) electrons. The molecule has 0 aliphatic heterocycles. The number of amides is 1. The Morgan fingerprint density at radius 3 is 2.47 bits per heavy atom. The van der Waals surface area contributed by atoms with Crippen molar-refractivity contribution in [3.8, 4) is 0 Å². The van der Waals surface area contributed by atoms with Gasteiger partial charge in [0.15, 0.2) is 0 Å². The lowest BCUT2D eigenvalue weighted by atomic mass is 9.92. The molecule has 1 rings (SSSR count). The SMILES string of the molecule is CC(C)(C)CC(=O)NCCSc1ccccc1. The Morgan fingerprint density at radius 1 is 1.24 bits per heavy atom. The van der Waals surface area contributed by atoms with Gasteiger partial charge in [0.1, 0.15) is 0 Å². The highest BCUT2D eigenvalue weighted by Gasteiger charge is 2.15. The lowest BCUT2D eigenvalue weighted by Gasteiger charge is -2.17. The molecule has 3 heteroatoms. The zero-order chi connectivity index (χ0) is 12.7. The summed E-state index contributed by atoms with van der Waals surface area (Å²) in [7, 11) is 0. The molecule has 1 aromatic carbocycles. The quantitative estimate of drug-likeness (QED) is 0.642. The minimum absolute atomic E-state index is 0.0661. The third-order valence-electron chi connectivity index (χ3n) is 2.13. The van der Waals surface area contributed by atoms with Crippen LogP contribution in [0.25, 0.3) is 0 Å². The van der Waals surface area contributed by atoms with Crippen molar-refractivity contribution in [2.75, 3.05) is 12.3 Å². The van der Waals surface area contributed by atoms with Gasteiger partial charge in [0, 0.05) is 23.6 Å². The molecule has 0 aliphatic rings. The summed E-state index contributed by atoms with van der Waals surface area (Å²) in [6.07, 6.45) is 0.586. The molecule has 0 aliphatic carbocycles. The first kappa shape index (κ1) is 14.1. The highest BCUT2D eigenvalue weighted by atomic mass is 32.2. The fraction of sp³-hybridized carbons (Fsp3) is 0.500. The van der Waals surface area contributed by atoms with Crippen LogP contribution in [0.5, 0.6) is 0 Å². The number of rotatable bonds is 5. The molecule has 0 atom stereocenters. The molecule has 1 N–H and O–H groups in total. The second-order valence-electron chi connectivity index (χ2n) is 5.25. The third-order valence-corrected chi connectivity index (χ3v) is 3.14. The Hall–Kier alpha value is -0.960. The lowest BCUT2D eigenvalue weighted by Crippen LogP contribution is -2.29. The summed E-state index contributed by atoms with van der Waals surface area (Å²) < 4.78 is 0. The molecule has 0 fully saturated rings. The molecule has 17 heavy (non-hydrogen) atoms. The van der Waals surface area contributed by atoms with Gasteiger partial charge in [-0.15, -0.1) is 11.8 Å². The maximum Gasteiger partial charge on any atom is 0.220 e.